The number of para-hydroxylation sites is 1. The third-order valence-corrected chi connectivity index (χ3v) is 7.35. The summed E-state index contributed by atoms with van der Waals surface area (Å²) in [5, 5.41) is 0.177. The van der Waals surface area contributed by atoms with Gasteiger partial charge in [0.15, 0.2) is 0 Å². The first-order valence-corrected chi connectivity index (χ1v) is 12.4. The minimum absolute atomic E-state index is 0.116. The SMILES string of the molecule is O=S(=O)(c1ccc(Oc2ccccc2)nc1)n1c(Cc2ccccc2)cc2cc(C(F)(F)F)ccc21. The van der Waals surface area contributed by atoms with Crippen LogP contribution in [-0.4, -0.2) is 17.4 Å². The van der Waals surface area contributed by atoms with Gasteiger partial charge < -0.3 is 4.74 Å². The lowest BCUT2D eigenvalue weighted by Gasteiger charge is -2.13. The van der Waals surface area contributed by atoms with E-state index in [4.69, 9.17) is 4.74 Å². The summed E-state index contributed by atoms with van der Waals surface area (Å²) < 4.78 is 74.1. The molecule has 182 valence electrons. The monoisotopic (exact) mass is 508 g/mol. The van der Waals surface area contributed by atoms with E-state index in [1.165, 1.54) is 30.5 Å². The third-order valence-electron chi connectivity index (χ3n) is 5.60. The lowest BCUT2D eigenvalue weighted by atomic mass is 10.1. The predicted octanol–water partition coefficient (Wildman–Crippen LogP) is 6.68. The number of aromatic nitrogens is 2. The van der Waals surface area contributed by atoms with E-state index in [0.29, 0.717) is 11.4 Å². The van der Waals surface area contributed by atoms with Crippen LogP contribution in [0.5, 0.6) is 11.6 Å². The molecule has 0 spiro atoms. The van der Waals surface area contributed by atoms with Crippen LogP contribution in [0.15, 0.2) is 108 Å². The number of rotatable bonds is 6. The molecule has 2 aromatic heterocycles. The molecule has 2 heterocycles. The zero-order valence-corrected chi connectivity index (χ0v) is 19.5. The molecule has 9 heteroatoms. The Hall–Kier alpha value is -4.11. The molecule has 5 nitrogen and oxygen atoms in total. The van der Waals surface area contributed by atoms with Crippen molar-refractivity contribution in [2.75, 3.05) is 0 Å². The molecule has 0 unspecified atom stereocenters. The third kappa shape index (κ3) is 4.70. The zero-order valence-electron chi connectivity index (χ0n) is 18.7. The standard InChI is InChI=1S/C27H19F3N2O3S/c28-27(29,30)21-11-13-25-20(16-21)17-22(15-19-7-3-1-4-8-19)32(25)36(33,34)24-12-14-26(31-18-24)35-23-9-5-2-6-10-23/h1-14,16-18H,15H2. The van der Waals surface area contributed by atoms with Gasteiger partial charge in [0.1, 0.15) is 10.6 Å². The Labute approximate surface area is 205 Å². The maximum Gasteiger partial charge on any atom is 0.416 e. The molecule has 0 aliphatic carbocycles. The van der Waals surface area contributed by atoms with Crippen LogP contribution in [-0.2, 0) is 22.6 Å². The van der Waals surface area contributed by atoms with E-state index in [2.05, 4.69) is 4.98 Å². The van der Waals surface area contributed by atoms with E-state index in [-0.39, 0.29) is 28.1 Å². The highest BCUT2D eigenvalue weighted by Gasteiger charge is 2.32. The first kappa shape index (κ1) is 23.6. The predicted molar refractivity (Wildman–Crippen MR) is 130 cm³/mol. The van der Waals surface area contributed by atoms with Crippen LogP contribution in [0.4, 0.5) is 13.2 Å². The van der Waals surface area contributed by atoms with Crippen molar-refractivity contribution in [3.05, 3.63) is 120 Å². The van der Waals surface area contributed by atoms with Crippen molar-refractivity contribution in [1.29, 1.82) is 0 Å². The fourth-order valence-corrected chi connectivity index (χ4v) is 5.42. The normalized spacial score (nSPS) is 12.1. The van der Waals surface area contributed by atoms with Crippen molar-refractivity contribution in [2.45, 2.75) is 17.5 Å². The second kappa shape index (κ2) is 9.16. The molecule has 0 N–H and O–H groups in total. The first-order chi connectivity index (χ1) is 17.2. The molecule has 0 aliphatic rings. The maximum atomic E-state index is 13.7. The zero-order chi connectivity index (χ0) is 25.3. The van der Waals surface area contributed by atoms with Crippen LogP contribution >= 0.6 is 0 Å². The number of benzene rings is 3. The van der Waals surface area contributed by atoms with E-state index in [1.807, 2.05) is 36.4 Å². The van der Waals surface area contributed by atoms with Gasteiger partial charge in [0, 0.05) is 23.6 Å². The molecule has 0 amide bonds. The number of nitrogens with zero attached hydrogens (tertiary/aromatic N) is 2. The molecule has 5 rings (SSSR count). The molecule has 0 aliphatic heterocycles. The fourth-order valence-electron chi connectivity index (χ4n) is 3.93. The molecule has 0 fully saturated rings. The molecule has 0 atom stereocenters. The molecule has 0 saturated carbocycles. The maximum absolute atomic E-state index is 13.7. The van der Waals surface area contributed by atoms with E-state index in [0.717, 1.165) is 21.7 Å². The summed E-state index contributed by atoms with van der Waals surface area (Å²) in [4.78, 5) is 4.01. The summed E-state index contributed by atoms with van der Waals surface area (Å²) in [5.74, 6) is 0.750. The minimum Gasteiger partial charge on any atom is -0.439 e. The number of pyridine rings is 1. The van der Waals surface area contributed by atoms with Crippen molar-refractivity contribution < 1.29 is 26.3 Å². The van der Waals surface area contributed by atoms with Gasteiger partial charge in [0.25, 0.3) is 10.0 Å². The lowest BCUT2D eigenvalue weighted by Crippen LogP contribution is -2.16. The van der Waals surface area contributed by atoms with Crippen LogP contribution < -0.4 is 4.74 Å². The molecular weight excluding hydrogens is 489 g/mol. The van der Waals surface area contributed by atoms with Crippen LogP contribution in [0, 0.1) is 0 Å². The quantitative estimate of drug-likeness (QED) is 0.257. The summed E-state index contributed by atoms with van der Waals surface area (Å²) in [6, 6.07) is 25.3. The lowest BCUT2D eigenvalue weighted by molar-refractivity contribution is -0.137. The Balaban J connectivity index is 1.58. The molecule has 36 heavy (non-hydrogen) atoms. The molecule has 5 aromatic rings. The van der Waals surface area contributed by atoms with E-state index >= 15 is 0 Å². The smallest absolute Gasteiger partial charge is 0.416 e. The average molecular weight is 509 g/mol. The Bertz CT molecular complexity index is 1610. The van der Waals surface area contributed by atoms with Crippen molar-refractivity contribution in [2.24, 2.45) is 0 Å². The van der Waals surface area contributed by atoms with E-state index in [1.54, 1.807) is 24.3 Å². The topological polar surface area (TPSA) is 61.2 Å². The largest absolute Gasteiger partial charge is 0.439 e. The molecule has 0 bridgehead atoms. The Morgan fingerprint density at radius 3 is 2.17 bits per heavy atom. The van der Waals surface area contributed by atoms with Crippen LogP contribution in [0.2, 0.25) is 0 Å². The number of hydrogen-bond donors (Lipinski definition) is 0. The first-order valence-electron chi connectivity index (χ1n) is 10.9. The van der Waals surface area contributed by atoms with Gasteiger partial charge in [0.2, 0.25) is 5.88 Å². The van der Waals surface area contributed by atoms with Gasteiger partial charge in [0.05, 0.1) is 17.3 Å². The van der Waals surface area contributed by atoms with Crippen molar-refractivity contribution >= 4 is 20.9 Å². The second-order valence-corrected chi connectivity index (χ2v) is 9.87. The summed E-state index contributed by atoms with van der Waals surface area (Å²) in [6.07, 6.45) is -3.16. The minimum atomic E-state index is -4.55. The Morgan fingerprint density at radius 2 is 1.53 bits per heavy atom. The second-order valence-electron chi connectivity index (χ2n) is 8.09. The summed E-state index contributed by atoms with van der Waals surface area (Å²) >= 11 is 0. The van der Waals surface area contributed by atoms with Crippen LogP contribution in [0.25, 0.3) is 10.9 Å². The molecule has 0 saturated heterocycles. The summed E-state index contributed by atoms with van der Waals surface area (Å²) in [6.45, 7) is 0. The van der Waals surface area contributed by atoms with Crippen LogP contribution in [0.3, 0.4) is 0 Å². The van der Waals surface area contributed by atoms with Gasteiger partial charge in [-0.3, -0.25) is 0 Å². The highest BCUT2D eigenvalue weighted by molar-refractivity contribution is 7.90. The molecular formula is C27H19F3N2O3S. The van der Waals surface area contributed by atoms with Crippen LogP contribution in [0.1, 0.15) is 16.8 Å². The van der Waals surface area contributed by atoms with E-state index in [9.17, 15) is 21.6 Å². The van der Waals surface area contributed by atoms with Gasteiger partial charge in [-0.2, -0.15) is 13.2 Å². The number of alkyl halides is 3. The fraction of sp³-hybridized carbons (Fsp3) is 0.0741. The number of halogens is 3. The summed E-state index contributed by atoms with van der Waals surface area (Å²) in [5.41, 5.74) is 0.455. The highest BCUT2D eigenvalue weighted by Crippen LogP contribution is 2.34. The van der Waals surface area contributed by atoms with Gasteiger partial charge in [-0.25, -0.2) is 17.4 Å². The number of hydrogen-bond acceptors (Lipinski definition) is 4. The summed E-state index contributed by atoms with van der Waals surface area (Å²) in [7, 11) is -4.19. The van der Waals surface area contributed by atoms with Gasteiger partial charge in [-0.1, -0.05) is 48.5 Å². The van der Waals surface area contributed by atoms with Crippen molar-refractivity contribution in [3.8, 4) is 11.6 Å². The Kier molecular flexibility index (Phi) is 6.01. The van der Waals surface area contributed by atoms with Gasteiger partial charge in [-0.05, 0) is 48.0 Å². The van der Waals surface area contributed by atoms with Gasteiger partial charge in [-0.15, -0.1) is 0 Å². The van der Waals surface area contributed by atoms with Gasteiger partial charge >= 0.3 is 6.18 Å². The van der Waals surface area contributed by atoms with E-state index < -0.39 is 21.8 Å². The number of fused-ring (bicyclic) bond motifs is 1. The molecule has 0 radical (unpaired) electrons. The Morgan fingerprint density at radius 1 is 0.833 bits per heavy atom. The molecule has 3 aromatic carbocycles. The van der Waals surface area contributed by atoms with Crippen molar-refractivity contribution in [1.82, 2.24) is 8.96 Å². The number of ether oxygens (including phenoxy) is 1. The van der Waals surface area contributed by atoms with Crippen molar-refractivity contribution in [3.63, 3.8) is 0 Å². The average Bonchev–Trinajstić information content (AvgIpc) is 3.23. The highest BCUT2D eigenvalue weighted by atomic mass is 32.2.